The fourth-order valence-corrected chi connectivity index (χ4v) is 2.55. The van der Waals surface area contributed by atoms with Crippen LogP contribution in [0.25, 0.3) is 0 Å². The third kappa shape index (κ3) is 2.18. The SMILES string of the molecule is CCCN(CC)c1cc2c(cc1Cl)C(N)C(=O)N2. The van der Waals surface area contributed by atoms with Gasteiger partial charge in [-0.2, -0.15) is 0 Å². The number of carbonyl (C=O) groups excluding carboxylic acids is 1. The number of hydrogen-bond acceptors (Lipinski definition) is 3. The molecular formula is C13H18ClN3O. The van der Waals surface area contributed by atoms with Gasteiger partial charge in [0.2, 0.25) is 5.91 Å². The van der Waals surface area contributed by atoms with Gasteiger partial charge in [-0.05, 0) is 25.5 Å². The second-order valence-corrected chi connectivity index (χ2v) is 4.84. The Labute approximate surface area is 112 Å². The quantitative estimate of drug-likeness (QED) is 0.881. The molecule has 0 fully saturated rings. The number of anilines is 2. The molecule has 4 nitrogen and oxygen atoms in total. The number of benzene rings is 1. The van der Waals surface area contributed by atoms with E-state index < -0.39 is 6.04 Å². The maximum Gasteiger partial charge on any atom is 0.245 e. The average Bonchev–Trinajstić information content (AvgIpc) is 2.62. The molecule has 0 saturated heterocycles. The van der Waals surface area contributed by atoms with E-state index in [2.05, 4.69) is 24.1 Å². The van der Waals surface area contributed by atoms with E-state index >= 15 is 0 Å². The number of carbonyl (C=O) groups is 1. The topological polar surface area (TPSA) is 58.4 Å². The number of nitrogens with two attached hydrogens (primary N) is 1. The van der Waals surface area contributed by atoms with Crippen molar-refractivity contribution in [2.24, 2.45) is 5.73 Å². The molecule has 0 aliphatic carbocycles. The predicted octanol–water partition coefficient (Wildman–Crippen LogP) is 2.53. The lowest BCUT2D eigenvalue weighted by atomic mass is 10.1. The van der Waals surface area contributed by atoms with Gasteiger partial charge >= 0.3 is 0 Å². The maximum absolute atomic E-state index is 11.5. The van der Waals surface area contributed by atoms with Crippen molar-refractivity contribution in [3.05, 3.63) is 22.7 Å². The zero-order valence-electron chi connectivity index (χ0n) is 10.7. The lowest BCUT2D eigenvalue weighted by Gasteiger charge is -2.24. The van der Waals surface area contributed by atoms with Crippen LogP contribution in [0.2, 0.25) is 5.02 Å². The maximum atomic E-state index is 11.5. The average molecular weight is 268 g/mol. The van der Waals surface area contributed by atoms with E-state index in [4.69, 9.17) is 17.3 Å². The van der Waals surface area contributed by atoms with Crippen molar-refractivity contribution in [2.45, 2.75) is 26.3 Å². The van der Waals surface area contributed by atoms with Gasteiger partial charge < -0.3 is 16.0 Å². The normalized spacial score (nSPS) is 17.6. The summed E-state index contributed by atoms with van der Waals surface area (Å²) in [5.41, 5.74) is 8.30. The molecule has 5 heteroatoms. The van der Waals surface area contributed by atoms with E-state index in [-0.39, 0.29) is 5.91 Å². The van der Waals surface area contributed by atoms with Gasteiger partial charge in [-0.25, -0.2) is 0 Å². The molecule has 1 aliphatic heterocycles. The summed E-state index contributed by atoms with van der Waals surface area (Å²) in [4.78, 5) is 13.7. The van der Waals surface area contributed by atoms with E-state index in [1.165, 1.54) is 0 Å². The Morgan fingerprint density at radius 2 is 2.17 bits per heavy atom. The molecule has 0 saturated carbocycles. The van der Waals surface area contributed by atoms with Gasteiger partial charge in [0.1, 0.15) is 6.04 Å². The van der Waals surface area contributed by atoms with E-state index in [0.717, 1.165) is 36.4 Å². The molecule has 98 valence electrons. The van der Waals surface area contributed by atoms with E-state index in [1.807, 2.05) is 6.07 Å². The highest BCUT2D eigenvalue weighted by molar-refractivity contribution is 6.33. The minimum absolute atomic E-state index is 0.170. The Hall–Kier alpha value is -1.26. The molecule has 0 bridgehead atoms. The smallest absolute Gasteiger partial charge is 0.245 e. The van der Waals surface area contributed by atoms with Crippen LogP contribution in [0, 0.1) is 0 Å². The number of fused-ring (bicyclic) bond motifs is 1. The number of rotatable bonds is 4. The van der Waals surface area contributed by atoms with Crippen LogP contribution in [-0.2, 0) is 4.79 Å². The second-order valence-electron chi connectivity index (χ2n) is 4.44. The molecule has 1 aromatic rings. The van der Waals surface area contributed by atoms with Crippen molar-refractivity contribution in [3.63, 3.8) is 0 Å². The first-order valence-corrected chi connectivity index (χ1v) is 6.61. The van der Waals surface area contributed by atoms with Gasteiger partial charge in [-0.1, -0.05) is 18.5 Å². The van der Waals surface area contributed by atoms with Crippen LogP contribution in [0.5, 0.6) is 0 Å². The molecule has 0 spiro atoms. The Morgan fingerprint density at radius 3 is 2.78 bits per heavy atom. The third-order valence-electron chi connectivity index (χ3n) is 3.21. The molecule has 3 N–H and O–H groups in total. The molecule has 1 aliphatic rings. The summed E-state index contributed by atoms with van der Waals surface area (Å²) in [6.07, 6.45) is 1.05. The molecular weight excluding hydrogens is 250 g/mol. The van der Waals surface area contributed by atoms with Crippen molar-refractivity contribution < 1.29 is 4.79 Å². The second kappa shape index (κ2) is 5.16. The highest BCUT2D eigenvalue weighted by Gasteiger charge is 2.28. The van der Waals surface area contributed by atoms with Crippen LogP contribution in [-0.4, -0.2) is 19.0 Å². The zero-order chi connectivity index (χ0) is 13.3. The van der Waals surface area contributed by atoms with Gasteiger partial charge in [-0.15, -0.1) is 0 Å². The molecule has 0 radical (unpaired) electrons. The third-order valence-corrected chi connectivity index (χ3v) is 3.51. The van der Waals surface area contributed by atoms with Crippen LogP contribution in [0.15, 0.2) is 12.1 Å². The Morgan fingerprint density at radius 1 is 1.44 bits per heavy atom. The number of hydrogen-bond donors (Lipinski definition) is 2. The summed E-state index contributed by atoms with van der Waals surface area (Å²) >= 11 is 6.29. The van der Waals surface area contributed by atoms with Crippen LogP contribution >= 0.6 is 11.6 Å². The highest BCUT2D eigenvalue weighted by Crippen LogP contribution is 2.38. The van der Waals surface area contributed by atoms with Crippen molar-refractivity contribution in [2.75, 3.05) is 23.3 Å². The monoisotopic (exact) mass is 267 g/mol. The van der Waals surface area contributed by atoms with Crippen LogP contribution in [0.4, 0.5) is 11.4 Å². The molecule has 1 heterocycles. The predicted molar refractivity (Wildman–Crippen MR) is 75.2 cm³/mol. The van der Waals surface area contributed by atoms with Crippen LogP contribution in [0.3, 0.4) is 0 Å². The summed E-state index contributed by atoms with van der Waals surface area (Å²) in [5, 5.41) is 3.44. The summed E-state index contributed by atoms with van der Waals surface area (Å²) < 4.78 is 0. The fraction of sp³-hybridized carbons (Fsp3) is 0.462. The first-order valence-electron chi connectivity index (χ1n) is 6.23. The summed E-state index contributed by atoms with van der Waals surface area (Å²) in [6, 6.07) is 3.11. The van der Waals surface area contributed by atoms with Gasteiger partial charge in [0.25, 0.3) is 0 Å². The number of halogens is 1. The molecule has 1 unspecified atom stereocenters. The molecule has 18 heavy (non-hydrogen) atoms. The van der Waals surface area contributed by atoms with Gasteiger partial charge in [0.05, 0.1) is 10.7 Å². The minimum Gasteiger partial charge on any atom is -0.371 e. The van der Waals surface area contributed by atoms with E-state index in [1.54, 1.807) is 6.07 Å². The van der Waals surface area contributed by atoms with Crippen molar-refractivity contribution >= 4 is 28.9 Å². The Balaban J connectivity index is 2.40. The molecule has 1 aromatic carbocycles. The first kappa shape index (κ1) is 13.2. The number of nitrogens with zero attached hydrogens (tertiary/aromatic N) is 1. The van der Waals surface area contributed by atoms with Crippen molar-refractivity contribution in [1.29, 1.82) is 0 Å². The lowest BCUT2D eigenvalue weighted by molar-refractivity contribution is -0.116. The Kier molecular flexibility index (Phi) is 3.78. The fourth-order valence-electron chi connectivity index (χ4n) is 2.26. The summed E-state index contributed by atoms with van der Waals surface area (Å²) in [5.74, 6) is -0.170. The first-order chi connectivity index (χ1) is 8.58. The Bertz CT molecular complexity index is 476. The van der Waals surface area contributed by atoms with Gasteiger partial charge in [-0.3, -0.25) is 4.79 Å². The van der Waals surface area contributed by atoms with Crippen LogP contribution in [0.1, 0.15) is 31.9 Å². The standard InChI is InChI=1S/C13H18ClN3O/c1-3-5-17(4-2)11-7-10-8(6-9(11)14)12(15)13(18)16-10/h6-7,12H,3-5,15H2,1-2H3,(H,16,18). The minimum atomic E-state index is -0.604. The summed E-state index contributed by atoms with van der Waals surface area (Å²) in [7, 11) is 0. The molecule has 2 rings (SSSR count). The van der Waals surface area contributed by atoms with Crippen molar-refractivity contribution in [1.82, 2.24) is 0 Å². The van der Waals surface area contributed by atoms with Crippen molar-refractivity contribution in [3.8, 4) is 0 Å². The zero-order valence-corrected chi connectivity index (χ0v) is 11.4. The lowest BCUT2D eigenvalue weighted by Crippen LogP contribution is -2.23. The van der Waals surface area contributed by atoms with Crippen LogP contribution < -0.4 is 16.0 Å². The molecule has 0 aromatic heterocycles. The van der Waals surface area contributed by atoms with E-state index in [9.17, 15) is 4.79 Å². The molecule has 1 amide bonds. The highest BCUT2D eigenvalue weighted by atomic mass is 35.5. The van der Waals surface area contributed by atoms with E-state index in [0.29, 0.717) is 5.02 Å². The summed E-state index contributed by atoms with van der Waals surface area (Å²) in [6.45, 7) is 6.03. The van der Waals surface area contributed by atoms with Gasteiger partial charge in [0, 0.05) is 24.3 Å². The number of amides is 1. The van der Waals surface area contributed by atoms with Gasteiger partial charge in [0.15, 0.2) is 0 Å². The molecule has 1 atom stereocenters. The number of nitrogens with one attached hydrogen (secondary N) is 1. The largest absolute Gasteiger partial charge is 0.371 e.